The Morgan fingerprint density at radius 3 is 1.71 bits per heavy atom. The van der Waals surface area contributed by atoms with Crippen LogP contribution in [0.15, 0.2) is 12.2 Å². The second kappa shape index (κ2) is 5.93. The predicted octanol–water partition coefficient (Wildman–Crippen LogP) is 4.89. The third kappa shape index (κ3) is 3.21. The maximum atomic E-state index is 14.6. The van der Waals surface area contributed by atoms with E-state index in [9.17, 15) is 26.7 Å². The number of alkyl halides is 5. The van der Waals surface area contributed by atoms with Crippen molar-refractivity contribution in [3.63, 3.8) is 0 Å². The van der Waals surface area contributed by atoms with Gasteiger partial charge in [0, 0.05) is 5.57 Å². The molecule has 2 nitrogen and oxygen atoms in total. The molecule has 0 aromatic carbocycles. The Kier molecular flexibility index (Phi) is 5.60. The summed E-state index contributed by atoms with van der Waals surface area (Å²) >= 11 is 0. The molecule has 0 fully saturated rings. The summed E-state index contributed by atoms with van der Waals surface area (Å²) in [6.07, 6.45) is -6.45. The normalized spacial score (nSPS) is 18.6. The highest BCUT2D eigenvalue weighted by Crippen LogP contribution is 2.57. The van der Waals surface area contributed by atoms with E-state index in [0.29, 0.717) is 6.92 Å². The summed E-state index contributed by atoms with van der Waals surface area (Å²) in [5.41, 5.74) is -6.04. The Labute approximate surface area is 121 Å². The first-order valence-electron chi connectivity index (χ1n) is 6.53. The van der Waals surface area contributed by atoms with Crippen LogP contribution in [0.5, 0.6) is 0 Å². The molecule has 0 aromatic rings. The van der Waals surface area contributed by atoms with Crippen molar-refractivity contribution in [1.82, 2.24) is 0 Å². The van der Waals surface area contributed by atoms with E-state index in [1.54, 1.807) is 0 Å². The van der Waals surface area contributed by atoms with E-state index in [2.05, 4.69) is 11.3 Å². The van der Waals surface area contributed by atoms with Crippen molar-refractivity contribution in [2.45, 2.75) is 65.2 Å². The Morgan fingerprint density at radius 1 is 1.05 bits per heavy atom. The fourth-order valence-corrected chi connectivity index (χ4v) is 1.83. The summed E-state index contributed by atoms with van der Waals surface area (Å²) in [5.74, 6) is -5.44. The summed E-state index contributed by atoms with van der Waals surface area (Å²) in [6.45, 7) is 8.00. The fourth-order valence-electron chi connectivity index (χ4n) is 1.83. The molecule has 0 radical (unpaired) electrons. The van der Waals surface area contributed by atoms with Gasteiger partial charge in [-0.15, -0.1) is 0 Å². The zero-order valence-electron chi connectivity index (χ0n) is 12.8. The van der Waals surface area contributed by atoms with E-state index in [0.717, 1.165) is 13.8 Å². The number of halogens is 5. The molecule has 2 atom stereocenters. The second-order valence-corrected chi connectivity index (χ2v) is 5.51. The van der Waals surface area contributed by atoms with E-state index in [4.69, 9.17) is 0 Å². The maximum absolute atomic E-state index is 14.6. The summed E-state index contributed by atoms with van der Waals surface area (Å²) in [4.78, 5) is 11.5. The molecule has 0 rings (SSSR count). The largest absolute Gasteiger partial charge is 0.450 e. The Balaban J connectivity index is 5.91. The molecule has 2 unspecified atom stereocenters. The lowest BCUT2D eigenvalue weighted by molar-refractivity contribution is -0.336. The first-order chi connectivity index (χ1) is 9.20. The van der Waals surface area contributed by atoms with Crippen LogP contribution in [-0.4, -0.2) is 23.7 Å². The van der Waals surface area contributed by atoms with Gasteiger partial charge in [0.05, 0.1) is 0 Å². The zero-order chi connectivity index (χ0) is 17.3. The number of hydrogen-bond donors (Lipinski definition) is 0. The van der Waals surface area contributed by atoms with Crippen molar-refractivity contribution in [3.05, 3.63) is 12.2 Å². The number of carbonyl (C=O) groups is 1. The molecule has 0 aliphatic carbocycles. The van der Waals surface area contributed by atoms with E-state index < -0.39 is 41.9 Å². The second-order valence-electron chi connectivity index (χ2n) is 5.51. The summed E-state index contributed by atoms with van der Waals surface area (Å²) < 4.78 is 73.3. The number of ether oxygens (including phenoxy) is 1. The average Bonchev–Trinajstić information content (AvgIpc) is 2.35. The average molecular weight is 316 g/mol. The van der Waals surface area contributed by atoms with Crippen LogP contribution in [0.3, 0.4) is 0 Å². The summed E-state index contributed by atoms with van der Waals surface area (Å²) in [5, 5.41) is 0. The summed E-state index contributed by atoms with van der Waals surface area (Å²) in [6, 6.07) is 0. The van der Waals surface area contributed by atoms with Gasteiger partial charge in [-0.2, -0.15) is 13.2 Å². The number of hydrogen-bond acceptors (Lipinski definition) is 2. The van der Waals surface area contributed by atoms with Crippen molar-refractivity contribution < 1.29 is 31.5 Å². The molecule has 0 aliphatic heterocycles. The van der Waals surface area contributed by atoms with Crippen molar-refractivity contribution in [2.75, 3.05) is 0 Å². The van der Waals surface area contributed by atoms with E-state index in [-0.39, 0.29) is 5.57 Å². The molecule has 0 amide bonds. The highest BCUT2D eigenvalue weighted by molar-refractivity contribution is 5.87. The van der Waals surface area contributed by atoms with Gasteiger partial charge in [0.2, 0.25) is 0 Å². The van der Waals surface area contributed by atoms with Crippen molar-refractivity contribution in [2.24, 2.45) is 5.41 Å². The first-order valence-corrected chi connectivity index (χ1v) is 6.53. The predicted molar refractivity (Wildman–Crippen MR) is 69.0 cm³/mol. The molecular weight excluding hydrogens is 295 g/mol. The van der Waals surface area contributed by atoms with E-state index in [1.807, 2.05) is 0 Å². The van der Waals surface area contributed by atoms with Crippen LogP contribution >= 0.6 is 0 Å². The van der Waals surface area contributed by atoms with Crippen molar-refractivity contribution >= 4 is 5.97 Å². The molecule has 0 bridgehead atoms. The van der Waals surface area contributed by atoms with Crippen LogP contribution in [0.25, 0.3) is 0 Å². The first kappa shape index (κ1) is 19.9. The van der Waals surface area contributed by atoms with Crippen LogP contribution in [-0.2, 0) is 9.53 Å². The minimum Gasteiger partial charge on any atom is -0.450 e. The van der Waals surface area contributed by atoms with Gasteiger partial charge >= 0.3 is 18.1 Å². The Morgan fingerprint density at radius 2 is 1.48 bits per heavy atom. The maximum Gasteiger partial charge on any atom is 0.400 e. The quantitative estimate of drug-likeness (QED) is 0.396. The topological polar surface area (TPSA) is 26.3 Å². The highest BCUT2D eigenvalue weighted by atomic mass is 19.4. The highest BCUT2D eigenvalue weighted by Gasteiger charge is 2.72. The SMILES string of the molecule is C=C(C)C(=O)OC(C)(CC)C(F)(F)C(C)(CC)C(F)(F)F. The molecule has 124 valence electrons. The Hall–Kier alpha value is -1.14. The van der Waals surface area contributed by atoms with Crippen LogP contribution < -0.4 is 0 Å². The lowest BCUT2D eigenvalue weighted by Crippen LogP contribution is -2.62. The smallest absolute Gasteiger partial charge is 0.400 e. The van der Waals surface area contributed by atoms with Crippen molar-refractivity contribution in [3.8, 4) is 0 Å². The van der Waals surface area contributed by atoms with E-state index >= 15 is 0 Å². The van der Waals surface area contributed by atoms with Crippen LogP contribution in [0.1, 0.15) is 47.5 Å². The molecule has 7 heteroatoms. The molecule has 0 saturated heterocycles. The van der Waals surface area contributed by atoms with Gasteiger partial charge in [0.25, 0.3) is 0 Å². The third-order valence-corrected chi connectivity index (χ3v) is 4.03. The van der Waals surface area contributed by atoms with Crippen LogP contribution in [0.2, 0.25) is 0 Å². The van der Waals surface area contributed by atoms with E-state index in [1.165, 1.54) is 13.8 Å². The molecule has 0 aromatic heterocycles. The third-order valence-electron chi connectivity index (χ3n) is 4.03. The number of rotatable bonds is 6. The van der Waals surface area contributed by atoms with Gasteiger partial charge in [-0.25, -0.2) is 13.6 Å². The minimum absolute atomic E-state index is 0.157. The van der Waals surface area contributed by atoms with Gasteiger partial charge in [-0.3, -0.25) is 0 Å². The monoisotopic (exact) mass is 316 g/mol. The minimum atomic E-state index is -5.14. The molecule has 21 heavy (non-hydrogen) atoms. The number of carbonyl (C=O) groups excluding carboxylic acids is 1. The van der Waals surface area contributed by atoms with Gasteiger partial charge in [0.15, 0.2) is 5.60 Å². The van der Waals surface area contributed by atoms with Crippen LogP contribution in [0, 0.1) is 5.41 Å². The fraction of sp³-hybridized carbons (Fsp3) is 0.786. The van der Waals surface area contributed by atoms with Gasteiger partial charge in [-0.1, -0.05) is 20.4 Å². The zero-order valence-corrected chi connectivity index (χ0v) is 12.8. The molecule has 0 heterocycles. The van der Waals surface area contributed by atoms with Gasteiger partial charge in [-0.05, 0) is 33.6 Å². The van der Waals surface area contributed by atoms with Gasteiger partial charge in [0.1, 0.15) is 5.41 Å². The molecule has 0 N–H and O–H groups in total. The molecule has 0 spiro atoms. The lowest BCUT2D eigenvalue weighted by Gasteiger charge is -2.46. The Bertz CT molecular complexity index is 416. The van der Waals surface area contributed by atoms with Crippen molar-refractivity contribution in [1.29, 1.82) is 0 Å². The van der Waals surface area contributed by atoms with Crippen LogP contribution in [0.4, 0.5) is 22.0 Å². The summed E-state index contributed by atoms with van der Waals surface area (Å²) in [7, 11) is 0. The molecular formula is C14H21F5O2. The van der Waals surface area contributed by atoms with Gasteiger partial charge < -0.3 is 4.74 Å². The molecule has 0 saturated carbocycles. The lowest BCUT2D eigenvalue weighted by atomic mass is 9.71. The molecule has 0 aliphatic rings. The number of esters is 1. The standard InChI is InChI=1S/C14H21F5O2/c1-7-11(5,14(17,18)19)13(15,16)12(6,8-2)21-10(20)9(3)4/h3,7-8H2,1-2,4-6H3.